The van der Waals surface area contributed by atoms with Gasteiger partial charge in [0.25, 0.3) is 0 Å². The second-order valence-electron chi connectivity index (χ2n) is 2.23. The van der Waals surface area contributed by atoms with Crippen molar-refractivity contribution >= 4 is 0 Å². The Morgan fingerprint density at radius 3 is 2.38 bits per heavy atom. The quantitative estimate of drug-likeness (QED) is 0.649. The molecule has 0 heterocycles. The number of benzene rings is 1. The predicted molar refractivity (Wildman–Crippen MR) is 51.8 cm³/mol. The summed E-state index contributed by atoms with van der Waals surface area (Å²) >= 11 is 0. The first-order chi connectivity index (χ1) is 6.29. The van der Waals surface area contributed by atoms with E-state index in [4.69, 9.17) is 5.26 Å². The smallest absolute Gasteiger partial charge is 0.127 e. The Morgan fingerprint density at radius 1 is 1.38 bits per heavy atom. The average Bonchev–Trinajstić information content (AvgIpc) is 2.20. The van der Waals surface area contributed by atoms with Crippen molar-refractivity contribution in [3.63, 3.8) is 0 Å². The molecule has 1 aromatic carbocycles. The minimum atomic E-state index is -0.286. The van der Waals surface area contributed by atoms with E-state index in [1.54, 1.807) is 12.1 Å². The van der Waals surface area contributed by atoms with Gasteiger partial charge in [0.05, 0.1) is 11.6 Å². The number of halogens is 1. The molecule has 0 aliphatic heterocycles. The highest BCUT2D eigenvalue weighted by molar-refractivity contribution is 5.38. The van der Waals surface area contributed by atoms with Gasteiger partial charge in [0, 0.05) is 5.56 Å². The van der Waals surface area contributed by atoms with Crippen LogP contribution < -0.4 is 0 Å². The Hall–Kier alpha value is -1.36. The van der Waals surface area contributed by atoms with E-state index in [1.165, 1.54) is 6.07 Å². The lowest BCUT2D eigenvalue weighted by atomic mass is 10.1. The van der Waals surface area contributed by atoms with Crippen LogP contribution in [0.15, 0.2) is 18.2 Å². The first kappa shape index (κ1) is 11.6. The average molecular weight is 179 g/mol. The van der Waals surface area contributed by atoms with Crippen LogP contribution in [0.2, 0.25) is 0 Å². The van der Waals surface area contributed by atoms with Crippen LogP contribution in [0.1, 0.15) is 31.9 Å². The highest BCUT2D eigenvalue weighted by atomic mass is 19.1. The molecule has 0 amide bonds. The Bertz CT molecular complexity index is 299. The zero-order valence-electron chi connectivity index (χ0n) is 8.26. The summed E-state index contributed by atoms with van der Waals surface area (Å²) in [4.78, 5) is 0. The minimum absolute atomic E-state index is 0.286. The summed E-state index contributed by atoms with van der Waals surface area (Å²) in [5.41, 5.74) is 0.947. The molecule has 1 nitrogen and oxygen atoms in total. The van der Waals surface area contributed by atoms with Gasteiger partial charge in [0.15, 0.2) is 0 Å². The zero-order valence-corrected chi connectivity index (χ0v) is 8.26. The molecule has 0 fully saturated rings. The summed E-state index contributed by atoms with van der Waals surface area (Å²) in [7, 11) is 0. The van der Waals surface area contributed by atoms with E-state index in [1.807, 2.05) is 26.8 Å². The lowest BCUT2D eigenvalue weighted by Gasteiger charge is -1.99. The van der Waals surface area contributed by atoms with Crippen molar-refractivity contribution in [1.82, 2.24) is 0 Å². The second-order valence-corrected chi connectivity index (χ2v) is 2.23. The van der Waals surface area contributed by atoms with Crippen molar-refractivity contribution in [2.24, 2.45) is 0 Å². The number of nitriles is 1. The van der Waals surface area contributed by atoms with Crippen LogP contribution in [0.25, 0.3) is 0 Å². The van der Waals surface area contributed by atoms with Crippen molar-refractivity contribution in [2.45, 2.75) is 27.2 Å². The van der Waals surface area contributed by atoms with Gasteiger partial charge in [-0.3, -0.25) is 0 Å². The van der Waals surface area contributed by atoms with E-state index >= 15 is 0 Å². The van der Waals surface area contributed by atoms with E-state index in [9.17, 15) is 4.39 Å². The summed E-state index contributed by atoms with van der Waals surface area (Å²) in [6.45, 7) is 5.83. The standard InChI is InChI=1S/C9H8FN.C2H6/c1-2-8-7(6-11)4-3-5-9(8)10;1-2/h3-5H,2H2,1H3;1-2H3. The highest BCUT2D eigenvalue weighted by Gasteiger charge is 2.03. The SMILES string of the molecule is CC.CCc1c(F)cccc1C#N. The van der Waals surface area contributed by atoms with Gasteiger partial charge < -0.3 is 0 Å². The van der Waals surface area contributed by atoms with Gasteiger partial charge in [-0.05, 0) is 18.6 Å². The maximum atomic E-state index is 12.9. The monoisotopic (exact) mass is 179 g/mol. The van der Waals surface area contributed by atoms with Crippen LogP contribution in [0.4, 0.5) is 4.39 Å². The van der Waals surface area contributed by atoms with Crippen LogP contribution in [-0.4, -0.2) is 0 Å². The topological polar surface area (TPSA) is 23.8 Å². The van der Waals surface area contributed by atoms with Crippen LogP contribution in [0, 0.1) is 17.1 Å². The van der Waals surface area contributed by atoms with Gasteiger partial charge in [0.1, 0.15) is 5.82 Å². The number of nitrogens with zero attached hydrogens (tertiary/aromatic N) is 1. The maximum absolute atomic E-state index is 12.9. The van der Waals surface area contributed by atoms with Crippen molar-refractivity contribution in [3.8, 4) is 6.07 Å². The van der Waals surface area contributed by atoms with Crippen LogP contribution in [0.3, 0.4) is 0 Å². The van der Waals surface area contributed by atoms with Crippen LogP contribution >= 0.6 is 0 Å². The molecular formula is C11H14FN. The molecule has 0 aromatic heterocycles. The van der Waals surface area contributed by atoms with E-state index in [0.29, 0.717) is 17.5 Å². The Labute approximate surface area is 78.8 Å². The molecule has 0 aliphatic rings. The molecule has 0 aliphatic carbocycles. The summed E-state index contributed by atoms with van der Waals surface area (Å²) in [6, 6.07) is 6.50. The van der Waals surface area contributed by atoms with Gasteiger partial charge in [-0.25, -0.2) is 4.39 Å². The fraction of sp³-hybridized carbons (Fsp3) is 0.364. The molecule has 13 heavy (non-hydrogen) atoms. The van der Waals surface area contributed by atoms with Crippen molar-refractivity contribution < 1.29 is 4.39 Å². The van der Waals surface area contributed by atoms with Crippen molar-refractivity contribution in [3.05, 3.63) is 35.1 Å². The van der Waals surface area contributed by atoms with E-state index in [2.05, 4.69) is 0 Å². The van der Waals surface area contributed by atoms with E-state index in [-0.39, 0.29) is 5.82 Å². The summed E-state index contributed by atoms with van der Waals surface area (Å²) in [6.07, 6.45) is 0.565. The van der Waals surface area contributed by atoms with Crippen molar-refractivity contribution in [2.75, 3.05) is 0 Å². The molecule has 0 saturated carbocycles. The normalized spacial score (nSPS) is 8.23. The summed E-state index contributed by atoms with van der Waals surface area (Å²) < 4.78 is 12.9. The number of hydrogen-bond donors (Lipinski definition) is 0. The van der Waals surface area contributed by atoms with Crippen molar-refractivity contribution in [1.29, 1.82) is 5.26 Å². The highest BCUT2D eigenvalue weighted by Crippen LogP contribution is 2.12. The molecule has 70 valence electrons. The molecule has 1 rings (SSSR count). The predicted octanol–water partition coefficient (Wildman–Crippen LogP) is 3.29. The lowest BCUT2D eigenvalue weighted by molar-refractivity contribution is 0.611. The molecule has 2 heteroatoms. The first-order valence-electron chi connectivity index (χ1n) is 4.47. The molecule has 0 bridgehead atoms. The van der Waals surface area contributed by atoms with Gasteiger partial charge in [0.2, 0.25) is 0 Å². The van der Waals surface area contributed by atoms with Gasteiger partial charge in [-0.15, -0.1) is 0 Å². The molecule has 0 radical (unpaired) electrons. The third-order valence-corrected chi connectivity index (χ3v) is 1.59. The fourth-order valence-corrected chi connectivity index (χ4v) is 1.02. The third-order valence-electron chi connectivity index (χ3n) is 1.59. The number of hydrogen-bond acceptors (Lipinski definition) is 1. The van der Waals surface area contributed by atoms with Gasteiger partial charge in [-0.2, -0.15) is 5.26 Å². The molecule has 0 spiro atoms. The van der Waals surface area contributed by atoms with E-state index < -0.39 is 0 Å². The molecule has 1 aromatic rings. The van der Waals surface area contributed by atoms with Gasteiger partial charge >= 0.3 is 0 Å². The Kier molecular flexibility index (Phi) is 5.54. The maximum Gasteiger partial charge on any atom is 0.127 e. The van der Waals surface area contributed by atoms with Gasteiger partial charge in [-0.1, -0.05) is 26.8 Å². The summed E-state index contributed by atoms with van der Waals surface area (Å²) in [5, 5.41) is 8.56. The first-order valence-corrected chi connectivity index (χ1v) is 4.47. The zero-order chi connectivity index (χ0) is 10.3. The molecule has 0 unspecified atom stereocenters. The third kappa shape index (κ3) is 2.87. The second kappa shape index (κ2) is 6.19. The number of rotatable bonds is 1. The Balaban J connectivity index is 0.000000671. The van der Waals surface area contributed by atoms with E-state index in [0.717, 1.165) is 0 Å². The van der Waals surface area contributed by atoms with Crippen LogP contribution in [0.5, 0.6) is 0 Å². The largest absolute Gasteiger partial charge is 0.207 e. The molecular weight excluding hydrogens is 165 g/mol. The summed E-state index contributed by atoms with van der Waals surface area (Å²) in [5.74, 6) is -0.286. The molecule has 0 N–H and O–H groups in total. The van der Waals surface area contributed by atoms with Crippen LogP contribution in [-0.2, 0) is 6.42 Å². The minimum Gasteiger partial charge on any atom is -0.207 e. The Morgan fingerprint density at radius 2 is 2.00 bits per heavy atom. The molecule has 0 atom stereocenters. The lowest BCUT2D eigenvalue weighted by Crippen LogP contribution is -1.91. The molecule has 0 saturated heterocycles. The fourth-order valence-electron chi connectivity index (χ4n) is 1.02.